The van der Waals surface area contributed by atoms with Crippen molar-refractivity contribution < 1.29 is 9.59 Å². The van der Waals surface area contributed by atoms with Gasteiger partial charge in [0, 0.05) is 26.1 Å². The number of nitrogens with zero attached hydrogens (tertiary/aromatic N) is 4. The summed E-state index contributed by atoms with van der Waals surface area (Å²) in [5.74, 6) is -0.220. The lowest BCUT2D eigenvalue weighted by atomic mass is 10.2. The third-order valence-corrected chi connectivity index (χ3v) is 3.78. The standard InChI is InChI=1S/C15H17N5O3/c21-13-10-19(9-7-16-13)14(22)6-3-8-20-15(23)11-4-1-2-5-12(11)17-18-20/h1-2,4-5H,3,6-10H2,(H,16,21). The summed E-state index contributed by atoms with van der Waals surface area (Å²) in [6, 6.07) is 7.02. The van der Waals surface area contributed by atoms with Gasteiger partial charge in [-0.25, -0.2) is 4.68 Å². The fraction of sp³-hybridized carbons (Fsp3) is 0.400. The summed E-state index contributed by atoms with van der Waals surface area (Å²) in [5.41, 5.74) is 0.351. The summed E-state index contributed by atoms with van der Waals surface area (Å²) in [6.07, 6.45) is 0.748. The number of piperazine rings is 1. The van der Waals surface area contributed by atoms with Crippen LogP contribution >= 0.6 is 0 Å². The SMILES string of the molecule is O=C1CN(C(=O)CCCn2nnc3ccccc3c2=O)CCN1. The van der Waals surface area contributed by atoms with Crippen LogP contribution in [0.4, 0.5) is 0 Å². The highest BCUT2D eigenvalue weighted by atomic mass is 16.2. The normalized spacial score (nSPS) is 14.8. The van der Waals surface area contributed by atoms with Gasteiger partial charge in [0.05, 0.1) is 11.9 Å². The van der Waals surface area contributed by atoms with E-state index < -0.39 is 0 Å². The van der Waals surface area contributed by atoms with Crippen molar-refractivity contribution in [2.24, 2.45) is 0 Å². The highest BCUT2D eigenvalue weighted by molar-refractivity contribution is 5.85. The minimum Gasteiger partial charge on any atom is -0.353 e. The fourth-order valence-corrected chi connectivity index (χ4v) is 2.56. The van der Waals surface area contributed by atoms with E-state index in [4.69, 9.17) is 0 Å². The minimum absolute atomic E-state index is 0.0818. The number of hydrogen-bond donors (Lipinski definition) is 1. The molecule has 0 radical (unpaired) electrons. The number of aryl methyl sites for hydroxylation is 1. The van der Waals surface area contributed by atoms with E-state index in [0.717, 1.165) is 0 Å². The molecule has 1 aromatic heterocycles. The van der Waals surface area contributed by atoms with Crippen LogP contribution in [-0.2, 0) is 16.1 Å². The molecule has 2 aromatic rings. The molecule has 0 bridgehead atoms. The van der Waals surface area contributed by atoms with E-state index in [1.54, 1.807) is 24.3 Å². The number of rotatable bonds is 4. The van der Waals surface area contributed by atoms with Gasteiger partial charge in [-0.1, -0.05) is 17.3 Å². The molecule has 8 nitrogen and oxygen atoms in total. The lowest BCUT2D eigenvalue weighted by molar-refractivity contribution is -0.138. The van der Waals surface area contributed by atoms with Crippen LogP contribution in [0.25, 0.3) is 10.9 Å². The van der Waals surface area contributed by atoms with E-state index in [1.807, 2.05) is 0 Å². The molecule has 1 aliphatic heterocycles. The highest BCUT2D eigenvalue weighted by Crippen LogP contribution is 2.05. The Morgan fingerprint density at radius 2 is 2.09 bits per heavy atom. The largest absolute Gasteiger partial charge is 0.353 e. The maximum atomic E-state index is 12.3. The maximum absolute atomic E-state index is 12.3. The van der Waals surface area contributed by atoms with Crippen molar-refractivity contribution in [3.8, 4) is 0 Å². The second-order valence-corrected chi connectivity index (χ2v) is 5.40. The van der Waals surface area contributed by atoms with Gasteiger partial charge in [0.2, 0.25) is 11.8 Å². The van der Waals surface area contributed by atoms with Crippen molar-refractivity contribution in [1.29, 1.82) is 0 Å². The first-order chi connectivity index (χ1) is 11.1. The van der Waals surface area contributed by atoms with Gasteiger partial charge in [-0.15, -0.1) is 5.10 Å². The molecule has 0 aliphatic carbocycles. The number of carbonyl (C=O) groups is 2. The van der Waals surface area contributed by atoms with Crippen molar-refractivity contribution in [2.75, 3.05) is 19.6 Å². The molecule has 120 valence electrons. The second-order valence-electron chi connectivity index (χ2n) is 5.40. The molecule has 0 saturated carbocycles. The summed E-state index contributed by atoms with van der Waals surface area (Å²) in [6.45, 7) is 1.44. The zero-order valence-corrected chi connectivity index (χ0v) is 12.6. The average molecular weight is 315 g/mol. The van der Waals surface area contributed by atoms with Gasteiger partial charge in [0.15, 0.2) is 0 Å². The van der Waals surface area contributed by atoms with Crippen molar-refractivity contribution in [2.45, 2.75) is 19.4 Å². The predicted molar refractivity (Wildman–Crippen MR) is 82.6 cm³/mol. The Balaban J connectivity index is 1.60. The quantitative estimate of drug-likeness (QED) is 0.822. The van der Waals surface area contributed by atoms with Gasteiger partial charge < -0.3 is 10.2 Å². The molecule has 0 unspecified atom stereocenters. The Hall–Kier alpha value is -2.77. The van der Waals surface area contributed by atoms with Gasteiger partial charge in [0.1, 0.15) is 5.52 Å². The molecule has 1 aliphatic rings. The van der Waals surface area contributed by atoms with Gasteiger partial charge in [-0.2, -0.15) is 0 Å². The fourth-order valence-electron chi connectivity index (χ4n) is 2.56. The summed E-state index contributed by atoms with van der Waals surface area (Å²) in [5, 5.41) is 11.1. The number of fused-ring (bicyclic) bond motifs is 1. The Bertz CT molecular complexity index is 801. The molecule has 1 aromatic carbocycles. The van der Waals surface area contributed by atoms with E-state index in [0.29, 0.717) is 37.0 Å². The predicted octanol–water partition coefficient (Wildman–Crippen LogP) is -0.470. The van der Waals surface area contributed by atoms with Gasteiger partial charge in [-0.3, -0.25) is 14.4 Å². The maximum Gasteiger partial charge on any atom is 0.277 e. The van der Waals surface area contributed by atoms with Gasteiger partial charge in [-0.05, 0) is 18.6 Å². The summed E-state index contributed by atoms with van der Waals surface area (Å²) in [7, 11) is 0. The van der Waals surface area contributed by atoms with Crippen LogP contribution in [0, 0.1) is 0 Å². The van der Waals surface area contributed by atoms with Crippen molar-refractivity contribution in [3.63, 3.8) is 0 Å². The molecule has 2 amide bonds. The molecule has 8 heteroatoms. The molecule has 1 saturated heterocycles. The molecule has 23 heavy (non-hydrogen) atoms. The van der Waals surface area contributed by atoms with E-state index in [-0.39, 0.29) is 30.3 Å². The molecule has 0 spiro atoms. The number of nitrogens with one attached hydrogen (secondary N) is 1. The number of benzene rings is 1. The van der Waals surface area contributed by atoms with Crippen LogP contribution in [0.3, 0.4) is 0 Å². The first kappa shape index (κ1) is 15.1. The van der Waals surface area contributed by atoms with Crippen molar-refractivity contribution in [3.05, 3.63) is 34.6 Å². The highest BCUT2D eigenvalue weighted by Gasteiger charge is 2.20. The summed E-state index contributed by atoms with van der Waals surface area (Å²) >= 11 is 0. The van der Waals surface area contributed by atoms with Crippen LogP contribution in [-0.4, -0.2) is 51.3 Å². The molecule has 3 rings (SSSR count). The van der Waals surface area contributed by atoms with Crippen LogP contribution in [0.15, 0.2) is 29.1 Å². The first-order valence-corrected chi connectivity index (χ1v) is 7.52. The minimum atomic E-state index is -0.208. The van der Waals surface area contributed by atoms with Crippen LogP contribution in [0.2, 0.25) is 0 Å². The molecular weight excluding hydrogens is 298 g/mol. The zero-order chi connectivity index (χ0) is 16.2. The van der Waals surface area contributed by atoms with Crippen LogP contribution in [0.5, 0.6) is 0 Å². The molecule has 0 atom stereocenters. The zero-order valence-electron chi connectivity index (χ0n) is 12.6. The number of aromatic nitrogens is 3. The topological polar surface area (TPSA) is 97.2 Å². The van der Waals surface area contributed by atoms with Gasteiger partial charge in [0.25, 0.3) is 5.56 Å². The molecular formula is C15H17N5O3. The number of hydrogen-bond acceptors (Lipinski definition) is 5. The monoisotopic (exact) mass is 315 g/mol. The molecule has 1 fully saturated rings. The lowest BCUT2D eigenvalue weighted by Gasteiger charge is -2.26. The number of carbonyl (C=O) groups excluding carboxylic acids is 2. The summed E-state index contributed by atoms with van der Waals surface area (Å²) in [4.78, 5) is 37.1. The first-order valence-electron chi connectivity index (χ1n) is 7.52. The van der Waals surface area contributed by atoms with Crippen molar-refractivity contribution >= 4 is 22.7 Å². The Morgan fingerprint density at radius 3 is 2.91 bits per heavy atom. The third-order valence-electron chi connectivity index (χ3n) is 3.78. The second kappa shape index (κ2) is 6.55. The van der Waals surface area contributed by atoms with E-state index in [2.05, 4.69) is 15.6 Å². The average Bonchev–Trinajstić information content (AvgIpc) is 2.57. The van der Waals surface area contributed by atoms with Gasteiger partial charge >= 0.3 is 0 Å². The van der Waals surface area contributed by atoms with E-state index >= 15 is 0 Å². The van der Waals surface area contributed by atoms with Crippen LogP contribution < -0.4 is 10.9 Å². The molecule has 2 heterocycles. The Labute approximate surface area is 132 Å². The summed E-state index contributed by atoms with van der Waals surface area (Å²) < 4.78 is 1.28. The molecule has 1 N–H and O–H groups in total. The lowest BCUT2D eigenvalue weighted by Crippen LogP contribution is -2.49. The Kier molecular flexibility index (Phi) is 4.31. The van der Waals surface area contributed by atoms with Crippen LogP contribution in [0.1, 0.15) is 12.8 Å². The van der Waals surface area contributed by atoms with Crippen molar-refractivity contribution in [1.82, 2.24) is 25.2 Å². The van der Waals surface area contributed by atoms with E-state index in [9.17, 15) is 14.4 Å². The van der Waals surface area contributed by atoms with E-state index in [1.165, 1.54) is 9.58 Å². The number of amides is 2. The smallest absolute Gasteiger partial charge is 0.277 e. The third kappa shape index (κ3) is 3.36. The Morgan fingerprint density at radius 1 is 1.26 bits per heavy atom.